The molecule has 0 radical (unpaired) electrons. The van der Waals surface area contributed by atoms with Crippen LogP contribution in [0.1, 0.15) is 21.1 Å². The first-order valence-corrected chi connectivity index (χ1v) is 6.71. The van der Waals surface area contributed by atoms with Gasteiger partial charge in [-0.15, -0.1) is 11.3 Å². The molecule has 20 heavy (non-hydrogen) atoms. The number of benzene rings is 1. The SMILES string of the molecule is NCc1sc(Cc2c(F)cccc2Cl)nc1C(F)(F)F. The van der Waals surface area contributed by atoms with Gasteiger partial charge in [0.2, 0.25) is 0 Å². The van der Waals surface area contributed by atoms with E-state index in [1.807, 2.05) is 0 Å². The van der Waals surface area contributed by atoms with Gasteiger partial charge in [0.25, 0.3) is 0 Å². The molecule has 108 valence electrons. The van der Waals surface area contributed by atoms with Crippen LogP contribution in [0.5, 0.6) is 0 Å². The fraction of sp³-hybridized carbons (Fsp3) is 0.250. The predicted molar refractivity (Wildman–Crippen MR) is 69.2 cm³/mol. The molecule has 0 saturated carbocycles. The number of thiazole rings is 1. The lowest BCUT2D eigenvalue weighted by Crippen LogP contribution is -2.10. The molecule has 8 heteroatoms. The maximum absolute atomic E-state index is 13.6. The van der Waals surface area contributed by atoms with Gasteiger partial charge in [0.15, 0.2) is 5.69 Å². The van der Waals surface area contributed by atoms with E-state index in [1.54, 1.807) is 0 Å². The largest absolute Gasteiger partial charge is 0.434 e. The molecular weight excluding hydrogens is 316 g/mol. The Hall–Kier alpha value is -1.18. The molecule has 0 aliphatic rings. The number of hydrogen-bond acceptors (Lipinski definition) is 3. The topological polar surface area (TPSA) is 38.9 Å². The second-order valence-corrected chi connectivity index (χ2v) is 5.53. The van der Waals surface area contributed by atoms with Gasteiger partial charge in [-0.1, -0.05) is 17.7 Å². The van der Waals surface area contributed by atoms with E-state index in [1.165, 1.54) is 18.2 Å². The van der Waals surface area contributed by atoms with Crippen molar-refractivity contribution in [2.75, 3.05) is 0 Å². The molecule has 2 nitrogen and oxygen atoms in total. The summed E-state index contributed by atoms with van der Waals surface area (Å²) in [5.74, 6) is -0.574. The number of halogens is 5. The summed E-state index contributed by atoms with van der Waals surface area (Å²) in [6.45, 7) is -0.266. The molecule has 1 aromatic heterocycles. The molecule has 1 aromatic carbocycles. The average Bonchev–Trinajstić information content (AvgIpc) is 2.77. The number of aromatic nitrogens is 1. The third kappa shape index (κ3) is 3.11. The van der Waals surface area contributed by atoms with Crippen LogP contribution in [0.25, 0.3) is 0 Å². The summed E-state index contributed by atoms with van der Waals surface area (Å²) in [6.07, 6.45) is -4.66. The summed E-state index contributed by atoms with van der Waals surface area (Å²) in [5.41, 5.74) is 4.40. The fourth-order valence-corrected chi connectivity index (χ4v) is 2.90. The molecule has 0 unspecified atom stereocenters. The lowest BCUT2D eigenvalue weighted by molar-refractivity contribution is -0.141. The second-order valence-electron chi connectivity index (χ2n) is 3.96. The van der Waals surface area contributed by atoms with Gasteiger partial charge in [-0.3, -0.25) is 0 Å². The minimum Gasteiger partial charge on any atom is -0.326 e. The highest BCUT2D eigenvalue weighted by atomic mass is 35.5. The van der Waals surface area contributed by atoms with Gasteiger partial charge in [0.1, 0.15) is 5.82 Å². The third-order valence-corrected chi connectivity index (χ3v) is 4.02. The molecule has 0 amide bonds. The van der Waals surface area contributed by atoms with Gasteiger partial charge in [-0.05, 0) is 12.1 Å². The summed E-state index contributed by atoms with van der Waals surface area (Å²) >= 11 is 6.66. The molecule has 2 N–H and O–H groups in total. The Kier molecular flexibility index (Phi) is 4.31. The van der Waals surface area contributed by atoms with Crippen molar-refractivity contribution in [3.05, 3.63) is 50.2 Å². The quantitative estimate of drug-likeness (QED) is 0.867. The van der Waals surface area contributed by atoms with E-state index < -0.39 is 17.7 Å². The number of alkyl halides is 3. The Morgan fingerprint density at radius 2 is 2.00 bits per heavy atom. The van der Waals surface area contributed by atoms with E-state index in [0.29, 0.717) is 0 Å². The van der Waals surface area contributed by atoms with Crippen molar-refractivity contribution >= 4 is 22.9 Å². The van der Waals surface area contributed by atoms with Crippen molar-refractivity contribution in [3.8, 4) is 0 Å². The highest BCUT2D eigenvalue weighted by Crippen LogP contribution is 2.35. The smallest absolute Gasteiger partial charge is 0.326 e. The Balaban J connectivity index is 2.38. The maximum Gasteiger partial charge on any atom is 0.434 e. The molecule has 0 saturated heterocycles. The maximum atomic E-state index is 13.6. The van der Waals surface area contributed by atoms with Crippen molar-refractivity contribution in [2.45, 2.75) is 19.1 Å². The van der Waals surface area contributed by atoms with Crippen molar-refractivity contribution in [2.24, 2.45) is 5.73 Å². The number of hydrogen-bond donors (Lipinski definition) is 1. The highest BCUT2D eigenvalue weighted by molar-refractivity contribution is 7.11. The van der Waals surface area contributed by atoms with Crippen LogP contribution >= 0.6 is 22.9 Å². The minimum atomic E-state index is -4.57. The zero-order chi connectivity index (χ0) is 14.9. The van der Waals surface area contributed by atoms with Crippen LogP contribution in [0, 0.1) is 5.82 Å². The summed E-state index contributed by atoms with van der Waals surface area (Å²) in [4.78, 5) is 3.45. The van der Waals surface area contributed by atoms with Crippen LogP contribution in [0.3, 0.4) is 0 Å². The first kappa shape index (κ1) is 15.2. The van der Waals surface area contributed by atoms with Crippen molar-refractivity contribution < 1.29 is 17.6 Å². The Morgan fingerprint density at radius 3 is 2.50 bits per heavy atom. The van der Waals surface area contributed by atoms with Gasteiger partial charge in [0.05, 0.1) is 9.88 Å². The summed E-state index contributed by atoms with van der Waals surface area (Å²) in [5, 5.41) is 0.285. The average molecular weight is 325 g/mol. The van der Waals surface area contributed by atoms with Gasteiger partial charge in [-0.25, -0.2) is 9.37 Å². The van der Waals surface area contributed by atoms with E-state index in [0.717, 1.165) is 11.3 Å². The van der Waals surface area contributed by atoms with Gasteiger partial charge < -0.3 is 5.73 Å². The Bertz CT molecular complexity index is 604. The summed E-state index contributed by atoms with van der Waals surface area (Å²) in [6, 6.07) is 4.10. The van der Waals surface area contributed by atoms with Crippen molar-refractivity contribution in [1.82, 2.24) is 4.98 Å². The predicted octanol–water partition coefficient (Wildman–Crippen LogP) is 4.00. The molecule has 0 fully saturated rings. The summed E-state index contributed by atoms with van der Waals surface area (Å²) in [7, 11) is 0. The normalized spacial score (nSPS) is 11.9. The first-order valence-electron chi connectivity index (χ1n) is 5.51. The van der Waals surface area contributed by atoms with Gasteiger partial charge in [0, 0.05) is 23.6 Å². The fourth-order valence-electron chi connectivity index (χ4n) is 1.69. The molecule has 0 aliphatic heterocycles. The van der Waals surface area contributed by atoms with Crippen LogP contribution in [0.15, 0.2) is 18.2 Å². The van der Waals surface area contributed by atoms with Crippen LogP contribution in [0.4, 0.5) is 17.6 Å². The molecule has 0 aliphatic carbocycles. The number of nitrogens with zero attached hydrogens (tertiary/aromatic N) is 1. The van der Waals surface area contributed by atoms with Crippen molar-refractivity contribution in [3.63, 3.8) is 0 Å². The number of rotatable bonds is 3. The zero-order valence-electron chi connectivity index (χ0n) is 9.97. The monoisotopic (exact) mass is 324 g/mol. The second kappa shape index (κ2) is 5.67. The highest BCUT2D eigenvalue weighted by Gasteiger charge is 2.37. The van der Waals surface area contributed by atoms with Crippen LogP contribution < -0.4 is 5.73 Å². The van der Waals surface area contributed by atoms with E-state index in [2.05, 4.69) is 4.98 Å². The van der Waals surface area contributed by atoms with Crippen LogP contribution in [-0.4, -0.2) is 4.98 Å². The Labute approximate surface area is 121 Å². The van der Waals surface area contributed by atoms with Gasteiger partial charge >= 0.3 is 6.18 Å². The van der Waals surface area contributed by atoms with Crippen molar-refractivity contribution in [1.29, 1.82) is 0 Å². The summed E-state index contributed by atoms with van der Waals surface area (Å²) < 4.78 is 51.8. The lowest BCUT2D eigenvalue weighted by Gasteiger charge is -2.04. The van der Waals surface area contributed by atoms with E-state index in [9.17, 15) is 17.6 Å². The molecular formula is C12H9ClF4N2S. The van der Waals surface area contributed by atoms with Crippen LogP contribution in [-0.2, 0) is 19.1 Å². The standard InChI is InChI=1S/C12H9ClF4N2S/c13-7-2-1-3-8(14)6(7)4-10-19-11(12(15,16)17)9(5-18)20-10/h1-3H,4-5,18H2. The zero-order valence-corrected chi connectivity index (χ0v) is 11.5. The molecule has 1 heterocycles. The Morgan fingerprint density at radius 1 is 1.30 bits per heavy atom. The first-order chi connectivity index (χ1) is 9.32. The van der Waals surface area contributed by atoms with Gasteiger partial charge in [-0.2, -0.15) is 13.2 Å². The molecule has 2 aromatic rings. The minimum absolute atomic E-state index is 0.0695. The molecule has 2 rings (SSSR count). The number of nitrogens with two attached hydrogens (primary N) is 1. The van der Waals surface area contributed by atoms with E-state index >= 15 is 0 Å². The molecule has 0 atom stereocenters. The van der Waals surface area contributed by atoms with E-state index in [4.69, 9.17) is 17.3 Å². The third-order valence-electron chi connectivity index (χ3n) is 2.59. The lowest BCUT2D eigenvalue weighted by atomic mass is 10.1. The van der Waals surface area contributed by atoms with Crippen LogP contribution in [0.2, 0.25) is 5.02 Å². The molecule has 0 bridgehead atoms. The van der Waals surface area contributed by atoms with E-state index in [-0.39, 0.29) is 33.4 Å². The molecule has 0 spiro atoms.